The minimum Gasteiger partial charge on any atom is -0.480 e. The van der Waals surface area contributed by atoms with Gasteiger partial charge in [0.2, 0.25) is 0 Å². The molecule has 0 aliphatic carbocycles. The van der Waals surface area contributed by atoms with Crippen LogP contribution in [-0.4, -0.2) is 46.5 Å². The summed E-state index contributed by atoms with van der Waals surface area (Å²) in [6.07, 6.45) is 1.96. The minimum absolute atomic E-state index is 0.0570. The number of aliphatic imine (C=N–C) groups is 1. The summed E-state index contributed by atoms with van der Waals surface area (Å²) in [7, 11) is 0. The maximum absolute atomic E-state index is 10.9. The van der Waals surface area contributed by atoms with E-state index < -0.39 is 18.0 Å². The van der Waals surface area contributed by atoms with Gasteiger partial charge in [-0.3, -0.25) is 9.79 Å². The summed E-state index contributed by atoms with van der Waals surface area (Å²) >= 11 is 0. The van der Waals surface area contributed by atoms with Crippen LogP contribution in [0.25, 0.3) is 0 Å². The van der Waals surface area contributed by atoms with Gasteiger partial charge in [-0.15, -0.1) is 0 Å². The highest BCUT2D eigenvalue weighted by Crippen LogP contribution is 2.26. The zero-order valence-electron chi connectivity index (χ0n) is 8.72. The number of carboxylic acids is 2. The van der Waals surface area contributed by atoms with E-state index in [1.807, 2.05) is 0 Å². The van der Waals surface area contributed by atoms with Crippen molar-refractivity contribution in [2.45, 2.75) is 31.3 Å². The Morgan fingerprint density at radius 2 is 2.00 bits per heavy atom. The number of hydrogen-bond acceptors (Lipinski definition) is 4. The van der Waals surface area contributed by atoms with Gasteiger partial charge in [0.25, 0.3) is 0 Å². The molecule has 6 heteroatoms. The molecule has 0 aromatic rings. The second kappa shape index (κ2) is 4.21. The van der Waals surface area contributed by atoms with E-state index in [1.165, 1.54) is 0 Å². The molecule has 0 radical (unpaired) electrons. The standard InChI is InChI=1S/C10H14N2O4/c13-9(14)7-2-1-6(12-7)5-3-4-11-8(5)10(15)16/h5-7,12H,1-4H2,(H,13,14)(H,15,16)/t5?,6?,7-/m0/s1. The Morgan fingerprint density at radius 1 is 1.25 bits per heavy atom. The number of rotatable bonds is 3. The molecule has 3 atom stereocenters. The molecule has 2 aliphatic rings. The van der Waals surface area contributed by atoms with Crippen LogP contribution in [-0.2, 0) is 9.59 Å². The van der Waals surface area contributed by atoms with Crippen LogP contribution in [0.2, 0.25) is 0 Å². The van der Waals surface area contributed by atoms with Gasteiger partial charge in [0.05, 0.1) is 0 Å². The van der Waals surface area contributed by atoms with Crippen molar-refractivity contribution in [3.8, 4) is 0 Å². The second-order valence-electron chi connectivity index (χ2n) is 4.21. The molecule has 0 amide bonds. The molecule has 0 spiro atoms. The van der Waals surface area contributed by atoms with E-state index in [-0.39, 0.29) is 17.7 Å². The number of nitrogens with one attached hydrogen (secondary N) is 1. The third-order valence-corrected chi connectivity index (χ3v) is 3.26. The summed E-state index contributed by atoms with van der Waals surface area (Å²) in [5.74, 6) is -1.99. The third-order valence-electron chi connectivity index (χ3n) is 3.26. The van der Waals surface area contributed by atoms with Crippen molar-refractivity contribution in [2.75, 3.05) is 6.54 Å². The van der Waals surface area contributed by atoms with Crippen LogP contribution in [0.5, 0.6) is 0 Å². The van der Waals surface area contributed by atoms with Crippen LogP contribution < -0.4 is 5.32 Å². The number of carboxylic acid groups (broad SMARTS) is 2. The van der Waals surface area contributed by atoms with E-state index >= 15 is 0 Å². The van der Waals surface area contributed by atoms with E-state index in [0.29, 0.717) is 25.8 Å². The highest BCUT2D eigenvalue weighted by molar-refractivity contribution is 6.37. The first kappa shape index (κ1) is 11.1. The molecular weight excluding hydrogens is 212 g/mol. The molecule has 0 aromatic carbocycles. The largest absolute Gasteiger partial charge is 0.480 e. The minimum atomic E-state index is -0.983. The van der Waals surface area contributed by atoms with Crippen molar-refractivity contribution in [3.63, 3.8) is 0 Å². The molecule has 0 saturated carbocycles. The lowest BCUT2D eigenvalue weighted by Crippen LogP contribution is -2.42. The van der Waals surface area contributed by atoms with E-state index in [4.69, 9.17) is 10.2 Å². The molecule has 16 heavy (non-hydrogen) atoms. The molecule has 2 rings (SSSR count). The highest BCUT2D eigenvalue weighted by Gasteiger charge is 2.39. The monoisotopic (exact) mass is 226 g/mol. The van der Waals surface area contributed by atoms with Crippen LogP contribution in [0, 0.1) is 5.92 Å². The Balaban J connectivity index is 2.02. The summed E-state index contributed by atoms with van der Waals surface area (Å²) in [5.41, 5.74) is 0.198. The first-order valence-electron chi connectivity index (χ1n) is 5.36. The number of hydrogen-bond donors (Lipinski definition) is 3. The number of aliphatic carboxylic acids is 2. The van der Waals surface area contributed by atoms with Gasteiger partial charge in [-0.25, -0.2) is 4.79 Å². The maximum atomic E-state index is 10.9. The fourth-order valence-electron chi connectivity index (χ4n) is 2.48. The Morgan fingerprint density at radius 3 is 2.56 bits per heavy atom. The van der Waals surface area contributed by atoms with Gasteiger partial charge >= 0.3 is 11.9 Å². The van der Waals surface area contributed by atoms with Crippen LogP contribution in [0.4, 0.5) is 0 Å². The lowest BCUT2D eigenvalue weighted by molar-refractivity contribution is -0.139. The maximum Gasteiger partial charge on any atom is 0.350 e. The van der Waals surface area contributed by atoms with Crippen LogP contribution >= 0.6 is 0 Å². The zero-order valence-corrected chi connectivity index (χ0v) is 8.72. The summed E-state index contributed by atoms with van der Waals surface area (Å²) in [4.78, 5) is 25.6. The predicted octanol–water partition coefficient (Wildman–Crippen LogP) is -0.263. The van der Waals surface area contributed by atoms with Gasteiger partial charge in [-0.2, -0.15) is 0 Å². The van der Waals surface area contributed by atoms with Crippen molar-refractivity contribution >= 4 is 17.7 Å². The predicted molar refractivity (Wildman–Crippen MR) is 55.6 cm³/mol. The molecule has 2 aliphatic heterocycles. The van der Waals surface area contributed by atoms with Gasteiger partial charge < -0.3 is 15.5 Å². The Kier molecular flexibility index (Phi) is 2.91. The Bertz CT molecular complexity index is 353. The fraction of sp³-hybridized carbons (Fsp3) is 0.700. The summed E-state index contributed by atoms with van der Waals surface area (Å²) in [6, 6.07) is -0.598. The molecule has 88 valence electrons. The molecule has 1 saturated heterocycles. The zero-order chi connectivity index (χ0) is 11.7. The molecule has 6 nitrogen and oxygen atoms in total. The van der Waals surface area contributed by atoms with Gasteiger partial charge in [0.15, 0.2) is 0 Å². The fourth-order valence-corrected chi connectivity index (χ4v) is 2.48. The molecule has 0 aromatic heterocycles. The summed E-state index contributed by atoms with van der Waals surface area (Å²) < 4.78 is 0. The average molecular weight is 226 g/mol. The lowest BCUT2D eigenvalue weighted by atomic mass is 9.92. The topological polar surface area (TPSA) is 99.0 Å². The Labute approximate surface area is 92.4 Å². The van der Waals surface area contributed by atoms with E-state index in [2.05, 4.69) is 10.3 Å². The third kappa shape index (κ3) is 1.92. The number of carbonyl (C=O) groups is 2. The molecule has 3 N–H and O–H groups in total. The van der Waals surface area contributed by atoms with Gasteiger partial charge in [0, 0.05) is 18.5 Å². The normalized spacial score (nSPS) is 33.8. The van der Waals surface area contributed by atoms with Gasteiger partial charge in [-0.1, -0.05) is 0 Å². The lowest BCUT2D eigenvalue weighted by Gasteiger charge is -2.19. The van der Waals surface area contributed by atoms with Crippen LogP contribution in [0.1, 0.15) is 19.3 Å². The first-order valence-corrected chi connectivity index (χ1v) is 5.36. The van der Waals surface area contributed by atoms with Gasteiger partial charge in [0.1, 0.15) is 11.8 Å². The quantitative estimate of drug-likeness (QED) is 0.615. The number of nitrogens with zero attached hydrogens (tertiary/aromatic N) is 1. The Hall–Kier alpha value is -1.43. The first-order chi connectivity index (χ1) is 7.59. The van der Waals surface area contributed by atoms with Crippen LogP contribution in [0.3, 0.4) is 0 Å². The van der Waals surface area contributed by atoms with Gasteiger partial charge in [-0.05, 0) is 19.3 Å². The second-order valence-corrected chi connectivity index (χ2v) is 4.21. The molecule has 1 fully saturated rings. The molecule has 2 heterocycles. The molecule has 2 unspecified atom stereocenters. The van der Waals surface area contributed by atoms with Crippen molar-refractivity contribution in [1.29, 1.82) is 0 Å². The SMILES string of the molecule is O=C(O)C1=NCCC1C1CC[C@@H](C(=O)O)N1. The van der Waals surface area contributed by atoms with Crippen molar-refractivity contribution in [1.82, 2.24) is 5.32 Å². The highest BCUT2D eigenvalue weighted by atomic mass is 16.4. The molecular formula is C10H14N2O4. The smallest absolute Gasteiger partial charge is 0.350 e. The van der Waals surface area contributed by atoms with E-state index in [9.17, 15) is 9.59 Å². The average Bonchev–Trinajstić information content (AvgIpc) is 2.86. The van der Waals surface area contributed by atoms with Crippen molar-refractivity contribution < 1.29 is 19.8 Å². The van der Waals surface area contributed by atoms with Crippen molar-refractivity contribution in [3.05, 3.63) is 0 Å². The summed E-state index contributed by atoms with van der Waals surface area (Å²) in [6.45, 7) is 0.530. The van der Waals surface area contributed by atoms with E-state index in [0.717, 1.165) is 0 Å². The summed E-state index contributed by atoms with van der Waals surface area (Å²) in [5, 5.41) is 20.8. The molecule has 0 bridgehead atoms. The van der Waals surface area contributed by atoms with E-state index in [1.54, 1.807) is 0 Å². The van der Waals surface area contributed by atoms with Crippen molar-refractivity contribution in [2.24, 2.45) is 10.9 Å². The van der Waals surface area contributed by atoms with Crippen LogP contribution in [0.15, 0.2) is 4.99 Å².